The normalized spacial score (nSPS) is 11.7. The van der Waals surface area contributed by atoms with Gasteiger partial charge in [-0.05, 0) is 24.3 Å². The number of hydrogen-bond acceptors (Lipinski definition) is 5. The molecule has 0 heterocycles. The molecule has 6 nitrogen and oxygen atoms in total. The maximum Gasteiger partial charge on any atom is 0.416 e. The third-order valence-electron chi connectivity index (χ3n) is 3.15. The number of nitrogens with two attached hydrogens (primary N) is 1. The molecule has 2 aromatic carbocycles. The number of nitrogens with one attached hydrogen (secondary N) is 2. The summed E-state index contributed by atoms with van der Waals surface area (Å²) in [4.78, 5) is 0. The molecule has 28 heavy (non-hydrogen) atoms. The summed E-state index contributed by atoms with van der Waals surface area (Å²) in [5.41, 5.74) is 4.71. The lowest BCUT2D eigenvalue weighted by Gasteiger charge is -2.14. The highest BCUT2D eigenvalue weighted by Crippen LogP contribution is 2.38. The van der Waals surface area contributed by atoms with Gasteiger partial charge in [-0.1, -0.05) is 6.07 Å². The first-order valence-corrected chi connectivity index (χ1v) is 7.15. The number of nitriles is 1. The van der Waals surface area contributed by atoms with Crippen LogP contribution in [0.1, 0.15) is 5.56 Å². The van der Waals surface area contributed by atoms with Crippen molar-refractivity contribution < 1.29 is 31.1 Å². The molecule has 0 unspecified atom stereocenters. The summed E-state index contributed by atoms with van der Waals surface area (Å²) >= 11 is 0. The Bertz CT molecular complexity index is 973. The van der Waals surface area contributed by atoms with E-state index in [2.05, 4.69) is 10.5 Å². The minimum Gasteiger partial charge on any atom is -0.446 e. The van der Waals surface area contributed by atoms with Crippen molar-refractivity contribution in [3.05, 3.63) is 53.3 Å². The summed E-state index contributed by atoms with van der Waals surface area (Å²) in [7, 11) is 0. The van der Waals surface area contributed by atoms with Gasteiger partial charge in [-0.3, -0.25) is 10.8 Å². The van der Waals surface area contributed by atoms with Crippen molar-refractivity contribution in [2.24, 2.45) is 10.8 Å². The molecule has 0 aromatic heterocycles. The number of alkyl halides is 3. The van der Waals surface area contributed by atoms with E-state index < -0.39 is 52.2 Å². The van der Waals surface area contributed by atoms with Crippen molar-refractivity contribution in [2.45, 2.75) is 6.18 Å². The molecule has 12 heteroatoms. The number of rotatable bonds is 5. The van der Waals surface area contributed by atoms with Crippen LogP contribution >= 0.6 is 0 Å². The fourth-order valence-electron chi connectivity index (χ4n) is 1.89. The monoisotopic (exact) mass is 401 g/mol. The second-order valence-electron chi connectivity index (χ2n) is 5.08. The largest absolute Gasteiger partial charge is 0.446 e. The van der Waals surface area contributed by atoms with Crippen LogP contribution in [0.5, 0.6) is 11.5 Å². The Labute approximate surface area is 153 Å². The van der Waals surface area contributed by atoms with E-state index in [9.17, 15) is 26.3 Å². The van der Waals surface area contributed by atoms with Crippen molar-refractivity contribution in [3.8, 4) is 17.6 Å². The first kappa shape index (κ1) is 20.6. The van der Waals surface area contributed by atoms with Gasteiger partial charge in [0, 0.05) is 0 Å². The van der Waals surface area contributed by atoms with E-state index in [0.717, 1.165) is 18.2 Å². The third-order valence-corrected chi connectivity index (χ3v) is 3.15. The molecule has 0 saturated heterocycles. The molecule has 4 N–H and O–H groups in total. The van der Waals surface area contributed by atoms with Crippen LogP contribution < -0.4 is 15.9 Å². The molecule has 2 aromatic rings. The fraction of sp³-hybridized carbons (Fsp3) is 0.0625. The number of hydrazone groups is 1. The zero-order valence-corrected chi connectivity index (χ0v) is 13.5. The number of para-hydroxylation sites is 1. The molecule has 2 rings (SSSR count). The van der Waals surface area contributed by atoms with E-state index in [-0.39, 0.29) is 17.8 Å². The Kier molecular flexibility index (Phi) is 5.78. The highest BCUT2D eigenvalue weighted by Gasteiger charge is 2.33. The van der Waals surface area contributed by atoms with Gasteiger partial charge in [0.25, 0.3) is 0 Å². The number of amidine groups is 1. The van der Waals surface area contributed by atoms with Gasteiger partial charge in [-0.2, -0.15) is 23.5 Å². The number of halogens is 6. The topological polar surface area (TPSA) is 107 Å². The first-order valence-electron chi connectivity index (χ1n) is 7.15. The number of hydrogen-bond donors (Lipinski definition) is 3. The van der Waals surface area contributed by atoms with E-state index in [1.165, 1.54) is 6.07 Å². The molecule has 0 spiro atoms. The van der Waals surface area contributed by atoms with Gasteiger partial charge < -0.3 is 10.5 Å². The molecule has 0 saturated carbocycles. The molecule has 0 aliphatic heterocycles. The summed E-state index contributed by atoms with van der Waals surface area (Å²) in [6.45, 7) is 0. The third kappa shape index (κ3) is 4.50. The highest BCUT2D eigenvalue weighted by molar-refractivity contribution is 6.45. The summed E-state index contributed by atoms with van der Waals surface area (Å²) in [5.74, 6) is -7.38. The van der Waals surface area contributed by atoms with Crippen molar-refractivity contribution in [3.63, 3.8) is 0 Å². The van der Waals surface area contributed by atoms with E-state index in [4.69, 9.17) is 21.1 Å². The predicted octanol–water partition coefficient (Wildman–Crippen LogP) is 4.14. The minimum absolute atomic E-state index is 0.00590. The van der Waals surface area contributed by atoms with Gasteiger partial charge in [0.2, 0.25) is 5.71 Å². The van der Waals surface area contributed by atoms with Gasteiger partial charge in [0.15, 0.2) is 34.8 Å². The van der Waals surface area contributed by atoms with Gasteiger partial charge >= 0.3 is 6.18 Å². The van der Waals surface area contributed by atoms with Crippen LogP contribution in [-0.4, -0.2) is 11.5 Å². The molecule has 0 fully saturated rings. The smallest absolute Gasteiger partial charge is 0.416 e. The Morgan fingerprint density at radius 1 is 1.11 bits per heavy atom. The molecule has 0 radical (unpaired) electrons. The zero-order chi connectivity index (χ0) is 21.1. The Morgan fingerprint density at radius 2 is 1.71 bits per heavy atom. The van der Waals surface area contributed by atoms with Crippen LogP contribution in [0.15, 0.2) is 35.4 Å². The lowest BCUT2D eigenvalue weighted by molar-refractivity contribution is -0.138. The van der Waals surface area contributed by atoms with Gasteiger partial charge in [0.1, 0.15) is 11.8 Å². The lowest BCUT2D eigenvalue weighted by Crippen LogP contribution is -2.21. The minimum atomic E-state index is -5.00. The van der Waals surface area contributed by atoms with E-state index in [1.807, 2.05) is 0 Å². The van der Waals surface area contributed by atoms with Crippen molar-refractivity contribution in [1.82, 2.24) is 0 Å². The zero-order valence-electron chi connectivity index (χ0n) is 13.5. The molecule has 0 amide bonds. The number of benzene rings is 2. The van der Waals surface area contributed by atoms with Crippen molar-refractivity contribution in [1.29, 1.82) is 10.7 Å². The molecular formula is C16H9F6N5O. The van der Waals surface area contributed by atoms with Gasteiger partial charge in [-0.25, -0.2) is 13.2 Å². The second kappa shape index (κ2) is 7.87. The first-order chi connectivity index (χ1) is 13.0. The maximum absolute atomic E-state index is 14.1. The standard InChI is InChI=1S/C16H9F6N5O/c17-8-2-1-3-11(26-27-12(6-23)15(24)25)14(8)28-13-9(18)4-7(5-10(13)19)16(20,21)22/h1-5,26H,(H3,24,25)/b27-12+. The quantitative estimate of drug-likeness (QED) is 0.303. The van der Waals surface area contributed by atoms with Crippen LogP contribution in [0.25, 0.3) is 0 Å². The Hall–Kier alpha value is -3.75. The van der Waals surface area contributed by atoms with Crippen LogP contribution in [0, 0.1) is 34.2 Å². The maximum atomic E-state index is 14.1. The number of anilines is 1. The van der Waals surface area contributed by atoms with Gasteiger partial charge in [0.05, 0.1) is 5.56 Å². The number of ether oxygens (including phenoxy) is 1. The highest BCUT2D eigenvalue weighted by atomic mass is 19.4. The van der Waals surface area contributed by atoms with E-state index in [1.54, 1.807) is 0 Å². The summed E-state index contributed by atoms with van der Waals surface area (Å²) in [5, 5.41) is 19.3. The predicted molar refractivity (Wildman–Crippen MR) is 86.4 cm³/mol. The SMILES string of the molecule is N#C/C(=N\Nc1cccc(F)c1Oc1c(F)cc(C(F)(F)F)cc1F)C(=N)N. The van der Waals surface area contributed by atoms with Crippen molar-refractivity contribution in [2.75, 3.05) is 5.43 Å². The van der Waals surface area contributed by atoms with Crippen molar-refractivity contribution >= 4 is 17.2 Å². The second-order valence-corrected chi connectivity index (χ2v) is 5.08. The van der Waals surface area contributed by atoms with Gasteiger partial charge in [-0.15, -0.1) is 0 Å². The summed E-state index contributed by atoms with van der Waals surface area (Å²) < 4.78 is 84.5. The molecular weight excluding hydrogens is 392 g/mol. The lowest BCUT2D eigenvalue weighted by atomic mass is 10.2. The molecule has 146 valence electrons. The molecule has 0 bridgehead atoms. The van der Waals surface area contributed by atoms with Crippen LogP contribution in [0.4, 0.5) is 32.0 Å². The summed E-state index contributed by atoms with van der Waals surface area (Å²) in [6, 6.07) is 4.59. The molecule has 0 aliphatic rings. The van der Waals surface area contributed by atoms with E-state index >= 15 is 0 Å². The van der Waals surface area contributed by atoms with Crippen LogP contribution in [0.3, 0.4) is 0 Å². The molecule has 0 atom stereocenters. The Morgan fingerprint density at radius 3 is 2.21 bits per heavy atom. The van der Waals surface area contributed by atoms with E-state index in [0.29, 0.717) is 0 Å². The fourth-order valence-corrected chi connectivity index (χ4v) is 1.89. The number of nitrogens with zero attached hydrogens (tertiary/aromatic N) is 2. The molecule has 0 aliphatic carbocycles. The summed E-state index contributed by atoms with van der Waals surface area (Å²) in [6.07, 6.45) is -5.00. The van der Waals surface area contributed by atoms with Crippen LogP contribution in [0.2, 0.25) is 0 Å². The average molecular weight is 401 g/mol. The average Bonchev–Trinajstić information content (AvgIpc) is 2.59. The Balaban J connectivity index is 2.45. The van der Waals surface area contributed by atoms with Crippen LogP contribution in [-0.2, 0) is 6.18 Å².